The summed E-state index contributed by atoms with van der Waals surface area (Å²) in [5, 5.41) is 9.34. The number of ether oxygens (including phenoxy) is 1. The third-order valence-corrected chi connectivity index (χ3v) is 3.72. The first-order valence-corrected chi connectivity index (χ1v) is 7.13. The number of likely N-dealkylation sites (tertiary alicyclic amines) is 1. The van der Waals surface area contributed by atoms with Crippen molar-refractivity contribution in [3.05, 3.63) is 0 Å². The average molecular weight is 275 g/mol. The molecule has 2 atom stereocenters. The van der Waals surface area contributed by atoms with Crippen molar-refractivity contribution in [2.45, 2.75) is 51.0 Å². The Morgan fingerprint density at radius 3 is 2.50 bits per heavy atom. The van der Waals surface area contributed by atoms with Crippen LogP contribution >= 0.6 is 11.8 Å². The summed E-state index contributed by atoms with van der Waals surface area (Å²) in [6.07, 6.45) is -0.0401. The Hall–Kier alpha value is -0.910. The molecule has 1 aliphatic rings. The molecule has 0 radical (unpaired) electrons. The summed E-state index contributed by atoms with van der Waals surface area (Å²) < 4.78 is 5.24. The molecular formula is C12H21NO4S. The van der Waals surface area contributed by atoms with Crippen LogP contribution < -0.4 is 0 Å². The monoisotopic (exact) mass is 275 g/mol. The minimum Gasteiger partial charge on any atom is -0.480 e. The van der Waals surface area contributed by atoms with Crippen molar-refractivity contribution < 1.29 is 19.4 Å². The molecule has 1 amide bonds. The third kappa shape index (κ3) is 4.08. The molecule has 1 N–H and O–H groups in total. The Labute approximate surface area is 112 Å². The number of carbonyl (C=O) groups is 2. The van der Waals surface area contributed by atoms with Gasteiger partial charge in [0.1, 0.15) is 11.6 Å². The van der Waals surface area contributed by atoms with Gasteiger partial charge in [-0.1, -0.05) is 6.92 Å². The topological polar surface area (TPSA) is 66.8 Å². The highest BCUT2D eigenvalue weighted by atomic mass is 32.2. The van der Waals surface area contributed by atoms with Gasteiger partial charge in [-0.25, -0.2) is 9.59 Å². The second-order valence-corrected chi connectivity index (χ2v) is 6.88. The number of rotatable bonds is 3. The molecule has 1 rings (SSSR count). The third-order valence-electron chi connectivity index (χ3n) is 2.58. The van der Waals surface area contributed by atoms with Crippen LogP contribution in [0.3, 0.4) is 0 Å². The standard InChI is InChI=1S/C12H21NO4S/c1-5-18-8-6-9(10(14)15)13(7-8)11(16)17-12(2,3)4/h8-9H,5-7H2,1-4H3,(H,14,15)/t8-,9+/m1/s1. The van der Waals surface area contributed by atoms with Crippen LogP contribution in [0, 0.1) is 0 Å². The number of carboxylic acid groups (broad SMARTS) is 1. The maximum Gasteiger partial charge on any atom is 0.411 e. The van der Waals surface area contributed by atoms with E-state index < -0.39 is 23.7 Å². The molecule has 0 bridgehead atoms. The number of carbonyl (C=O) groups excluding carboxylic acids is 1. The molecule has 18 heavy (non-hydrogen) atoms. The van der Waals surface area contributed by atoms with Crippen LogP contribution in [-0.2, 0) is 9.53 Å². The fraction of sp³-hybridized carbons (Fsp3) is 0.833. The zero-order valence-corrected chi connectivity index (χ0v) is 12.1. The molecule has 0 aromatic heterocycles. The van der Waals surface area contributed by atoms with Crippen LogP contribution in [0.5, 0.6) is 0 Å². The summed E-state index contributed by atoms with van der Waals surface area (Å²) in [4.78, 5) is 24.5. The van der Waals surface area contributed by atoms with Crippen LogP contribution in [-0.4, -0.2) is 51.3 Å². The van der Waals surface area contributed by atoms with E-state index in [0.29, 0.717) is 13.0 Å². The van der Waals surface area contributed by atoms with Crippen LogP contribution in [0.15, 0.2) is 0 Å². The highest BCUT2D eigenvalue weighted by molar-refractivity contribution is 7.99. The Balaban J connectivity index is 2.72. The summed E-state index contributed by atoms with van der Waals surface area (Å²) in [5.41, 5.74) is -0.601. The first-order chi connectivity index (χ1) is 8.24. The van der Waals surface area contributed by atoms with Gasteiger partial charge in [-0.3, -0.25) is 4.90 Å². The molecule has 0 aliphatic carbocycles. The smallest absolute Gasteiger partial charge is 0.411 e. The van der Waals surface area contributed by atoms with E-state index in [4.69, 9.17) is 9.84 Å². The van der Waals surface area contributed by atoms with Gasteiger partial charge >= 0.3 is 12.1 Å². The van der Waals surface area contributed by atoms with Gasteiger partial charge in [0.25, 0.3) is 0 Å². The van der Waals surface area contributed by atoms with E-state index in [9.17, 15) is 9.59 Å². The fourth-order valence-corrected chi connectivity index (χ4v) is 2.97. The Morgan fingerprint density at radius 1 is 1.44 bits per heavy atom. The molecule has 104 valence electrons. The van der Waals surface area contributed by atoms with Crippen LogP contribution in [0.2, 0.25) is 0 Å². The number of aliphatic carboxylic acids is 1. The van der Waals surface area contributed by atoms with Gasteiger partial charge in [0.15, 0.2) is 0 Å². The molecule has 0 unspecified atom stereocenters. The zero-order valence-electron chi connectivity index (χ0n) is 11.3. The summed E-state index contributed by atoms with van der Waals surface area (Å²) >= 11 is 1.69. The summed E-state index contributed by atoms with van der Waals surface area (Å²) in [6.45, 7) is 7.79. The van der Waals surface area contributed by atoms with E-state index in [0.717, 1.165) is 5.75 Å². The number of hydrogen-bond donors (Lipinski definition) is 1. The van der Waals surface area contributed by atoms with E-state index in [-0.39, 0.29) is 5.25 Å². The maximum atomic E-state index is 12.0. The van der Waals surface area contributed by atoms with E-state index >= 15 is 0 Å². The molecule has 0 spiro atoms. The van der Waals surface area contributed by atoms with Crippen molar-refractivity contribution in [1.29, 1.82) is 0 Å². The predicted octanol–water partition coefficient (Wildman–Crippen LogP) is 2.20. The predicted molar refractivity (Wildman–Crippen MR) is 70.9 cm³/mol. The first-order valence-electron chi connectivity index (χ1n) is 6.08. The molecule has 1 aliphatic heterocycles. The van der Waals surface area contributed by atoms with Crippen molar-refractivity contribution in [1.82, 2.24) is 4.90 Å². The second kappa shape index (κ2) is 5.82. The van der Waals surface area contributed by atoms with Gasteiger partial charge in [0.05, 0.1) is 0 Å². The number of carboxylic acids is 1. The molecular weight excluding hydrogens is 254 g/mol. The largest absolute Gasteiger partial charge is 0.480 e. The molecule has 5 nitrogen and oxygen atoms in total. The van der Waals surface area contributed by atoms with Gasteiger partial charge in [0.2, 0.25) is 0 Å². The van der Waals surface area contributed by atoms with Crippen LogP contribution in [0.25, 0.3) is 0 Å². The van der Waals surface area contributed by atoms with Crippen LogP contribution in [0.1, 0.15) is 34.1 Å². The molecule has 1 heterocycles. The minimum absolute atomic E-state index is 0.184. The zero-order chi connectivity index (χ0) is 13.9. The highest BCUT2D eigenvalue weighted by Gasteiger charge is 2.41. The van der Waals surface area contributed by atoms with Gasteiger partial charge in [-0.15, -0.1) is 0 Å². The van der Waals surface area contributed by atoms with E-state index in [1.165, 1.54) is 4.90 Å². The van der Waals surface area contributed by atoms with Gasteiger partial charge < -0.3 is 9.84 Å². The number of amides is 1. The highest BCUT2D eigenvalue weighted by Crippen LogP contribution is 2.29. The minimum atomic E-state index is -0.958. The van der Waals surface area contributed by atoms with Crippen molar-refractivity contribution in [3.63, 3.8) is 0 Å². The second-order valence-electron chi connectivity index (χ2n) is 5.30. The summed E-state index contributed by atoms with van der Waals surface area (Å²) in [6, 6.07) is -0.760. The molecule has 1 saturated heterocycles. The normalized spacial score (nSPS) is 24.1. The molecule has 1 fully saturated rings. The lowest BCUT2D eigenvalue weighted by Gasteiger charge is -2.26. The number of thioether (sulfide) groups is 1. The lowest BCUT2D eigenvalue weighted by atomic mass is 10.2. The molecule has 0 aromatic rings. The van der Waals surface area contributed by atoms with E-state index in [1.807, 2.05) is 6.92 Å². The quantitative estimate of drug-likeness (QED) is 0.855. The van der Waals surface area contributed by atoms with E-state index in [2.05, 4.69) is 0 Å². The Morgan fingerprint density at radius 2 is 2.06 bits per heavy atom. The SMILES string of the molecule is CCS[C@@H]1C[C@@H](C(=O)O)N(C(=O)OC(C)(C)C)C1. The maximum absolute atomic E-state index is 12.0. The Kier molecular flexibility index (Phi) is 4.90. The van der Waals surface area contributed by atoms with Crippen LogP contribution in [0.4, 0.5) is 4.79 Å². The van der Waals surface area contributed by atoms with Gasteiger partial charge in [-0.2, -0.15) is 11.8 Å². The first kappa shape index (κ1) is 15.1. The molecule has 0 saturated carbocycles. The number of nitrogens with zero attached hydrogens (tertiary/aromatic N) is 1. The van der Waals surface area contributed by atoms with E-state index in [1.54, 1.807) is 32.5 Å². The average Bonchev–Trinajstić information content (AvgIpc) is 2.59. The lowest BCUT2D eigenvalue weighted by molar-refractivity contribution is -0.142. The summed E-state index contributed by atoms with van der Waals surface area (Å²) in [5.74, 6) is -0.0424. The fourth-order valence-electron chi connectivity index (χ4n) is 1.91. The van der Waals surface area contributed by atoms with Crippen molar-refractivity contribution >= 4 is 23.8 Å². The number of hydrogen-bond acceptors (Lipinski definition) is 4. The molecule has 6 heteroatoms. The van der Waals surface area contributed by atoms with Crippen molar-refractivity contribution in [3.8, 4) is 0 Å². The van der Waals surface area contributed by atoms with Gasteiger partial charge in [-0.05, 0) is 32.9 Å². The van der Waals surface area contributed by atoms with Gasteiger partial charge in [0, 0.05) is 11.8 Å². The Bertz CT molecular complexity index is 327. The lowest BCUT2D eigenvalue weighted by Crippen LogP contribution is -2.43. The van der Waals surface area contributed by atoms with Crippen molar-refractivity contribution in [2.24, 2.45) is 0 Å². The molecule has 0 aromatic carbocycles. The van der Waals surface area contributed by atoms with Crippen molar-refractivity contribution in [2.75, 3.05) is 12.3 Å². The summed E-state index contributed by atoms with van der Waals surface area (Å²) in [7, 11) is 0.